The Morgan fingerprint density at radius 2 is 1.65 bits per heavy atom. The molecule has 1 heterocycles. The predicted octanol–water partition coefficient (Wildman–Crippen LogP) is 2.87. The van der Waals surface area contributed by atoms with Gasteiger partial charge in [0.2, 0.25) is 0 Å². The van der Waals surface area contributed by atoms with Gasteiger partial charge in [0.15, 0.2) is 0 Å². The van der Waals surface area contributed by atoms with Gasteiger partial charge in [0.25, 0.3) is 0 Å². The van der Waals surface area contributed by atoms with Gasteiger partial charge in [0, 0.05) is 38.0 Å². The van der Waals surface area contributed by atoms with Crippen LogP contribution in [0.5, 0.6) is 5.75 Å². The van der Waals surface area contributed by atoms with E-state index in [1.54, 1.807) is 7.11 Å². The number of aliphatic carboxylic acids is 2. The number of unbranched alkanes of at least 4 members (excludes halogenated alkanes) is 2. The molecule has 0 atom stereocenters. The van der Waals surface area contributed by atoms with Crippen molar-refractivity contribution >= 4 is 17.8 Å². The van der Waals surface area contributed by atoms with Gasteiger partial charge in [0.1, 0.15) is 11.6 Å². The Morgan fingerprint density at radius 3 is 2.18 bits per heavy atom. The molecule has 0 saturated carbocycles. The molecule has 0 aliphatic rings. The van der Waals surface area contributed by atoms with Gasteiger partial charge in [-0.25, -0.2) is 14.6 Å². The van der Waals surface area contributed by atoms with Gasteiger partial charge in [-0.05, 0) is 62.8 Å². The zero-order chi connectivity index (χ0) is 25.2. The van der Waals surface area contributed by atoms with Crippen molar-refractivity contribution in [1.29, 1.82) is 0 Å². The minimum atomic E-state index is -1.26. The van der Waals surface area contributed by atoms with Crippen LogP contribution < -0.4 is 15.4 Å². The average Bonchev–Trinajstić information content (AvgIpc) is 2.84. The number of carboxylic acid groups (broad SMARTS) is 2. The van der Waals surface area contributed by atoms with Gasteiger partial charge in [-0.3, -0.25) is 0 Å². The van der Waals surface area contributed by atoms with E-state index in [1.165, 1.54) is 18.4 Å². The quantitative estimate of drug-likeness (QED) is 0.281. The lowest BCUT2D eigenvalue weighted by molar-refractivity contribution is -0.134. The third kappa shape index (κ3) is 13.2. The van der Waals surface area contributed by atoms with Gasteiger partial charge in [0.05, 0.1) is 7.11 Å². The summed E-state index contributed by atoms with van der Waals surface area (Å²) in [5.41, 5.74) is 6.82. The fourth-order valence-electron chi connectivity index (χ4n) is 3.02. The van der Waals surface area contributed by atoms with Crippen LogP contribution in [0.1, 0.15) is 24.8 Å². The Morgan fingerprint density at radius 1 is 0.971 bits per heavy atom. The van der Waals surface area contributed by atoms with Gasteiger partial charge in [-0.2, -0.15) is 0 Å². The Hall–Kier alpha value is -3.43. The molecular formula is C25H36N4O5. The second kappa shape index (κ2) is 17.1. The Kier molecular flexibility index (Phi) is 14.4. The minimum Gasteiger partial charge on any atom is -0.497 e. The van der Waals surface area contributed by atoms with E-state index in [2.05, 4.69) is 40.0 Å². The molecule has 0 fully saturated rings. The molecule has 0 amide bonds. The molecule has 0 bridgehead atoms. The summed E-state index contributed by atoms with van der Waals surface area (Å²) in [6.45, 7) is 4.69. The van der Waals surface area contributed by atoms with Crippen molar-refractivity contribution in [3.05, 3.63) is 66.4 Å². The average molecular weight is 473 g/mol. The van der Waals surface area contributed by atoms with E-state index in [1.807, 2.05) is 30.5 Å². The molecule has 9 nitrogen and oxygen atoms in total. The third-order valence-electron chi connectivity index (χ3n) is 4.87. The number of nitrogens with zero attached hydrogens (tertiary/aromatic N) is 3. The zero-order valence-electron chi connectivity index (χ0n) is 20.0. The first-order valence-corrected chi connectivity index (χ1v) is 11.2. The topological polar surface area (TPSA) is 129 Å². The molecule has 2 aromatic rings. The van der Waals surface area contributed by atoms with Gasteiger partial charge in [-0.15, -0.1) is 0 Å². The van der Waals surface area contributed by atoms with Crippen LogP contribution in [-0.2, 0) is 16.1 Å². The van der Waals surface area contributed by atoms with Gasteiger partial charge < -0.3 is 30.5 Å². The fraction of sp³-hybridized carbons (Fsp3) is 0.400. The summed E-state index contributed by atoms with van der Waals surface area (Å²) in [5.74, 6) is -0.616. The van der Waals surface area contributed by atoms with Crippen LogP contribution in [0.3, 0.4) is 0 Å². The number of carbonyl (C=O) groups is 2. The number of methoxy groups -OCH3 is 1. The second-order valence-electron chi connectivity index (χ2n) is 7.62. The maximum Gasteiger partial charge on any atom is 0.328 e. The first-order chi connectivity index (χ1) is 16.3. The summed E-state index contributed by atoms with van der Waals surface area (Å²) in [4.78, 5) is 28.4. The largest absolute Gasteiger partial charge is 0.497 e. The third-order valence-corrected chi connectivity index (χ3v) is 4.87. The molecule has 4 N–H and O–H groups in total. The normalized spacial score (nSPS) is 10.6. The van der Waals surface area contributed by atoms with Crippen LogP contribution >= 0.6 is 0 Å². The van der Waals surface area contributed by atoms with Crippen LogP contribution in [0.4, 0.5) is 5.82 Å². The monoisotopic (exact) mass is 472 g/mol. The Labute approximate surface area is 201 Å². The number of hydrogen-bond donors (Lipinski definition) is 3. The van der Waals surface area contributed by atoms with Crippen molar-refractivity contribution in [2.24, 2.45) is 5.73 Å². The van der Waals surface area contributed by atoms with Crippen molar-refractivity contribution in [1.82, 2.24) is 9.88 Å². The van der Waals surface area contributed by atoms with Crippen LogP contribution in [0.25, 0.3) is 0 Å². The lowest BCUT2D eigenvalue weighted by Crippen LogP contribution is -2.34. The van der Waals surface area contributed by atoms with E-state index < -0.39 is 11.9 Å². The van der Waals surface area contributed by atoms with Crippen molar-refractivity contribution in [3.8, 4) is 5.75 Å². The van der Waals surface area contributed by atoms with E-state index in [0.717, 1.165) is 50.7 Å². The number of aromatic nitrogens is 1. The van der Waals surface area contributed by atoms with Crippen molar-refractivity contribution in [3.63, 3.8) is 0 Å². The van der Waals surface area contributed by atoms with Crippen LogP contribution in [0.2, 0.25) is 0 Å². The van der Waals surface area contributed by atoms with Crippen molar-refractivity contribution in [2.45, 2.75) is 25.8 Å². The highest BCUT2D eigenvalue weighted by Crippen LogP contribution is 2.17. The SMILES string of the molecule is COc1ccc(CN(CCN(C)CCCCCN)c2ccccn2)cc1.O=C(O)/C=C/C(=O)O. The second-order valence-corrected chi connectivity index (χ2v) is 7.62. The number of pyridine rings is 1. The summed E-state index contributed by atoms with van der Waals surface area (Å²) in [6.07, 6.45) is 6.50. The molecule has 0 aliphatic carbocycles. The molecule has 1 aromatic carbocycles. The summed E-state index contributed by atoms with van der Waals surface area (Å²) in [6, 6.07) is 14.3. The molecule has 34 heavy (non-hydrogen) atoms. The van der Waals surface area contributed by atoms with E-state index in [9.17, 15) is 9.59 Å². The maximum atomic E-state index is 9.55. The summed E-state index contributed by atoms with van der Waals surface area (Å²) < 4.78 is 5.25. The molecule has 0 unspecified atom stereocenters. The highest BCUT2D eigenvalue weighted by atomic mass is 16.5. The number of carboxylic acids is 2. The molecule has 0 saturated heterocycles. The molecular weight excluding hydrogens is 436 g/mol. The van der Waals surface area contributed by atoms with E-state index in [-0.39, 0.29) is 0 Å². The molecule has 1 aromatic heterocycles. The lowest BCUT2D eigenvalue weighted by Gasteiger charge is -2.27. The Balaban J connectivity index is 0.000000620. The standard InChI is InChI=1S/C21H32N4O.C4H4O4/c1-24(15-7-3-5-13-22)16-17-25(21-8-4-6-14-23-21)18-19-9-11-20(26-2)12-10-19;5-3(6)1-2-4(7)8/h4,6,8-12,14H,3,5,7,13,15-18,22H2,1-2H3;1-2H,(H,5,6)(H,7,8)/b;2-1+. The van der Waals surface area contributed by atoms with Gasteiger partial charge >= 0.3 is 11.9 Å². The van der Waals surface area contributed by atoms with E-state index in [0.29, 0.717) is 12.2 Å². The fourth-order valence-corrected chi connectivity index (χ4v) is 3.02. The lowest BCUT2D eigenvalue weighted by atomic mass is 10.2. The molecule has 0 radical (unpaired) electrons. The van der Waals surface area contributed by atoms with Crippen LogP contribution in [0.15, 0.2) is 60.8 Å². The molecule has 9 heteroatoms. The van der Waals surface area contributed by atoms with Gasteiger partial charge in [-0.1, -0.05) is 24.6 Å². The minimum absolute atomic E-state index is 0.558. The zero-order valence-corrected chi connectivity index (χ0v) is 20.0. The number of likely N-dealkylation sites (N-methyl/N-ethyl adjacent to an activating group) is 1. The first-order valence-electron chi connectivity index (χ1n) is 11.2. The number of anilines is 1. The number of nitrogens with two attached hydrogens (primary N) is 1. The molecule has 2 rings (SSSR count). The summed E-state index contributed by atoms with van der Waals surface area (Å²) >= 11 is 0. The highest BCUT2D eigenvalue weighted by molar-refractivity contribution is 5.89. The van der Waals surface area contributed by atoms with Crippen LogP contribution in [0, 0.1) is 0 Å². The number of ether oxygens (including phenoxy) is 1. The van der Waals surface area contributed by atoms with E-state index in [4.69, 9.17) is 20.7 Å². The summed E-state index contributed by atoms with van der Waals surface area (Å²) in [5, 5.41) is 15.6. The summed E-state index contributed by atoms with van der Waals surface area (Å²) in [7, 11) is 3.88. The molecule has 0 spiro atoms. The smallest absolute Gasteiger partial charge is 0.328 e. The number of hydrogen-bond acceptors (Lipinski definition) is 7. The maximum absolute atomic E-state index is 9.55. The number of benzene rings is 1. The van der Waals surface area contributed by atoms with Crippen molar-refractivity contribution < 1.29 is 24.5 Å². The highest BCUT2D eigenvalue weighted by Gasteiger charge is 2.10. The van der Waals surface area contributed by atoms with Crippen molar-refractivity contribution in [2.75, 3.05) is 45.2 Å². The first kappa shape index (κ1) is 28.6. The molecule has 0 aliphatic heterocycles. The predicted molar refractivity (Wildman–Crippen MR) is 133 cm³/mol. The molecule has 186 valence electrons. The van der Waals surface area contributed by atoms with Crippen LogP contribution in [-0.4, -0.2) is 72.4 Å². The van der Waals surface area contributed by atoms with E-state index >= 15 is 0 Å². The Bertz CT molecular complexity index is 843. The number of rotatable bonds is 14.